The van der Waals surface area contributed by atoms with Crippen molar-refractivity contribution in [3.05, 3.63) is 29.8 Å². The van der Waals surface area contributed by atoms with Crippen LogP contribution in [0.1, 0.15) is 19.4 Å². The van der Waals surface area contributed by atoms with Crippen LogP contribution in [0.2, 0.25) is 0 Å². The molecule has 1 heterocycles. The van der Waals surface area contributed by atoms with Gasteiger partial charge in [0.15, 0.2) is 0 Å². The average molecular weight is 299 g/mol. The first-order valence-electron chi connectivity index (χ1n) is 6.91. The van der Waals surface area contributed by atoms with E-state index in [4.69, 9.17) is 4.74 Å². The molecule has 0 aromatic heterocycles. The molecule has 0 spiro atoms. The van der Waals surface area contributed by atoms with Crippen LogP contribution in [0.4, 0.5) is 0 Å². The lowest BCUT2D eigenvalue weighted by Gasteiger charge is -2.31. The molecule has 1 amide bonds. The Morgan fingerprint density at radius 2 is 2.25 bits per heavy atom. The number of hydrogen-bond acceptors (Lipinski definition) is 3. The largest absolute Gasteiger partial charge is 0.494 e. The van der Waals surface area contributed by atoms with Crippen molar-refractivity contribution in [1.82, 2.24) is 10.6 Å². The topological polar surface area (TPSA) is 50.4 Å². The van der Waals surface area contributed by atoms with Crippen molar-refractivity contribution in [2.24, 2.45) is 11.8 Å². The quantitative estimate of drug-likeness (QED) is 0.844. The zero-order valence-electron chi connectivity index (χ0n) is 12.0. The minimum atomic E-state index is 0. The van der Waals surface area contributed by atoms with Gasteiger partial charge in [0.05, 0.1) is 6.61 Å². The molecule has 5 heteroatoms. The summed E-state index contributed by atoms with van der Waals surface area (Å²) in [5.41, 5.74) is 1.07. The molecule has 1 aromatic rings. The standard InChI is InChI=1S/C15H22N2O2.ClH/c1-3-19-14-6-4-5-12(7-14)8-17-15(18)11(2)13-9-16-10-13;/h4-7,11,13,16H,3,8-10H2,1-2H3,(H,17,18);1H. The molecule has 1 aliphatic heterocycles. The van der Waals surface area contributed by atoms with Crippen molar-refractivity contribution in [1.29, 1.82) is 0 Å². The number of halogens is 1. The molecule has 0 saturated carbocycles. The van der Waals surface area contributed by atoms with Gasteiger partial charge in [0.25, 0.3) is 0 Å². The summed E-state index contributed by atoms with van der Waals surface area (Å²) >= 11 is 0. The number of carbonyl (C=O) groups is 1. The first kappa shape index (κ1) is 16.8. The fourth-order valence-corrected chi connectivity index (χ4v) is 2.14. The summed E-state index contributed by atoms with van der Waals surface area (Å²) in [7, 11) is 0. The van der Waals surface area contributed by atoms with Crippen LogP contribution in [0.3, 0.4) is 0 Å². The lowest BCUT2D eigenvalue weighted by atomic mass is 9.88. The Labute approximate surface area is 126 Å². The minimum Gasteiger partial charge on any atom is -0.494 e. The van der Waals surface area contributed by atoms with Gasteiger partial charge in [-0.2, -0.15) is 0 Å². The van der Waals surface area contributed by atoms with Crippen LogP contribution in [-0.4, -0.2) is 25.6 Å². The highest BCUT2D eigenvalue weighted by Crippen LogP contribution is 2.17. The van der Waals surface area contributed by atoms with Gasteiger partial charge in [0.2, 0.25) is 5.91 Å². The summed E-state index contributed by atoms with van der Waals surface area (Å²) in [4.78, 5) is 12.0. The summed E-state index contributed by atoms with van der Waals surface area (Å²) < 4.78 is 5.44. The second-order valence-corrected chi connectivity index (χ2v) is 5.01. The van der Waals surface area contributed by atoms with E-state index in [-0.39, 0.29) is 24.2 Å². The second-order valence-electron chi connectivity index (χ2n) is 5.01. The molecule has 1 fully saturated rings. The molecular formula is C15H23ClN2O2. The molecule has 2 N–H and O–H groups in total. The molecule has 1 aromatic carbocycles. The third-order valence-electron chi connectivity index (χ3n) is 3.61. The van der Waals surface area contributed by atoms with Crippen LogP contribution >= 0.6 is 12.4 Å². The Balaban J connectivity index is 0.00000200. The van der Waals surface area contributed by atoms with Crippen LogP contribution in [0.25, 0.3) is 0 Å². The number of carbonyl (C=O) groups excluding carboxylic acids is 1. The van der Waals surface area contributed by atoms with E-state index in [1.54, 1.807) is 0 Å². The minimum absolute atomic E-state index is 0. The van der Waals surface area contributed by atoms with Gasteiger partial charge in [0.1, 0.15) is 5.75 Å². The van der Waals surface area contributed by atoms with Crippen molar-refractivity contribution < 1.29 is 9.53 Å². The van der Waals surface area contributed by atoms with Crippen molar-refractivity contribution >= 4 is 18.3 Å². The highest BCUT2D eigenvalue weighted by molar-refractivity contribution is 5.85. The molecule has 0 radical (unpaired) electrons. The van der Waals surface area contributed by atoms with Crippen molar-refractivity contribution in [2.75, 3.05) is 19.7 Å². The van der Waals surface area contributed by atoms with E-state index in [0.717, 1.165) is 24.4 Å². The first-order chi connectivity index (χ1) is 9.20. The van der Waals surface area contributed by atoms with E-state index >= 15 is 0 Å². The van der Waals surface area contributed by atoms with Gasteiger partial charge < -0.3 is 15.4 Å². The van der Waals surface area contributed by atoms with Gasteiger partial charge in [-0.15, -0.1) is 12.4 Å². The highest BCUT2D eigenvalue weighted by Gasteiger charge is 2.28. The predicted octanol–water partition coefficient (Wildman–Crippen LogP) is 1.98. The Hall–Kier alpha value is -1.26. The van der Waals surface area contributed by atoms with Gasteiger partial charge in [0, 0.05) is 12.5 Å². The van der Waals surface area contributed by atoms with Crippen LogP contribution in [0.5, 0.6) is 5.75 Å². The summed E-state index contributed by atoms with van der Waals surface area (Å²) in [6, 6.07) is 7.85. The second kappa shape index (κ2) is 8.12. The third kappa shape index (κ3) is 4.39. The Kier molecular flexibility index (Phi) is 6.82. The predicted molar refractivity (Wildman–Crippen MR) is 82.2 cm³/mol. The molecule has 0 bridgehead atoms. The molecule has 0 aliphatic carbocycles. The molecule has 1 aliphatic rings. The number of benzene rings is 1. The molecule has 1 atom stereocenters. The normalized spacial score (nSPS) is 15.7. The van der Waals surface area contributed by atoms with Crippen molar-refractivity contribution in [2.45, 2.75) is 20.4 Å². The monoisotopic (exact) mass is 298 g/mol. The molecule has 2 rings (SSSR count). The smallest absolute Gasteiger partial charge is 0.223 e. The molecule has 20 heavy (non-hydrogen) atoms. The molecule has 1 saturated heterocycles. The van der Waals surface area contributed by atoms with Crippen molar-refractivity contribution in [3.8, 4) is 5.75 Å². The van der Waals surface area contributed by atoms with E-state index < -0.39 is 0 Å². The van der Waals surface area contributed by atoms with E-state index in [1.807, 2.05) is 38.1 Å². The molecular weight excluding hydrogens is 276 g/mol. The van der Waals surface area contributed by atoms with E-state index in [0.29, 0.717) is 19.1 Å². The molecule has 1 unspecified atom stereocenters. The van der Waals surface area contributed by atoms with Gasteiger partial charge >= 0.3 is 0 Å². The molecule has 112 valence electrons. The Bertz CT molecular complexity index is 436. The summed E-state index contributed by atoms with van der Waals surface area (Å²) in [6.07, 6.45) is 0. The van der Waals surface area contributed by atoms with Crippen LogP contribution in [0, 0.1) is 11.8 Å². The van der Waals surface area contributed by atoms with Crippen LogP contribution in [-0.2, 0) is 11.3 Å². The number of rotatable bonds is 6. The zero-order chi connectivity index (χ0) is 13.7. The van der Waals surface area contributed by atoms with E-state index in [1.165, 1.54) is 0 Å². The number of nitrogens with one attached hydrogen (secondary N) is 2. The Morgan fingerprint density at radius 1 is 1.50 bits per heavy atom. The maximum Gasteiger partial charge on any atom is 0.223 e. The van der Waals surface area contributed by atoms with Gasteiger partial charge in [-0.1, -0.05) is 19.1 Å². The first-order valence-corrected chi connectivity index (χ1v) is 6.91. The van der Waals surface area contributed by atoms with Gasteiger partial charge in [-0.3, -0.25) is 4.79 Å². The van der Waals surface area contributed by atoms with Crippen LogP contribution in [0.15, 0.2) is 24.3 Å². The average Bonchev–Trinajstić information content (AvgIpc) is 2.34. The van der Waals surface area contributed by atoms with Gasteiger partial charge in [-0.25, -0.2) is 0 Å². The maximum absolute atomic E-state index is 12.0. The highest BCUT2D eigenvalue weighted by atomic mass is 35.5. The summed E-state index contributed by atoms with van der Waals surface area (Å²) in [5.74, 6) is 1.55. The fourth-order valence-electron chi connectivity index (χ4n) is 2.14. The summed E-state index contributed by atoms with van der Waals surface area (Å²) in [6.45, 7) is 7.08. The Morgan fingerprint density at radius 3 is 2.85 bits per heavy atom. The lowest BCUT2D eigenvalue weighted by Crippen LogP contribution is -2.49. The zero-order valence-corrected chi connectivity index (χ0v) is 12.8. The lowest BCUT2D eigenvalue weighted by molar-refractivity contribution is -0.126. The number of ether oxygens (including phenoxy) is 1. The van der Waals surface area contributed by atoms with Crippen molar-refractivity contribution in [3.63, 3.8) is 0 Å². The summed E-state index contributed by atoms with van der Waals surface area (Å²) in [5, 5.41) is 6.19. The van der Waals surface area contributed by atoms with E-state index in [2.05, 4.69) is 10.6 Å². The maximum atomic E-state index is 12.0. The number of amides is 1. The van der Waals surface area contributed by atoms with Crippen LogP contribution < -0.4 is 15.4 Å². The van der Waals surface area contributed by atoms with E-state index in [9.17, 15) is 4.79 Å². The third-order valence-corrected chi connectivity index (χ3v) is 3.61. The molecule has 4 nitrogen and oxygen atoms in total. The van der Waals surface area contributed by atoms with Gasteiger partial charge in [-0.05, 0) is 43.6 Å². The fraction of sp³-hybridized carbons (Fsp3) is 0.533. The number of hydrogen-bond donors (Lipinski definition) is 2. The SMILES string of the molecule is CCOc1cccc(CNC(=O)C(C)C2CNC2)c1.Cl.